The molecule has 2 aliphatic rings. The van der Waals surface area contributed by atoms with Crippen LogP contribution in [-0.2, 0) is 0 Å². The fourth-order valence-corrected chi connectivity index (χ4v) is 3.98. The summed E-state index contributed by atoms with van der Waals surface area (Å²) in [7, 11) is 0. The van der Waals surface area contributed by atoms with Gasteiger partial charge >= 0.3 is 0 Å². The number of aromatic nitrogens is 3. The SMILES string of the molecule is N#Cc1ccc(C(C=NCC2CC23CC3)=CN)c(-c2ccn3ccnc3c2)n1. The van der Waals surface area contributed by atoms with E-state index in [1.54, 1.807) is 18.5 Å². The van der Waals surface area contributed by atoms with Crippen molar-refractivity contribution in [3.63, 3.8) is 0 Å². The molecule has 0 bridgehead atoms. The predicted octanol–water partition coefficient (Wildman–Crippen LogP) is 3.44. The van der Waals surface area contributed by atoms with E-state index in [-0.39, 0.29) is 0 Å². The zero-order valence-electron chi connectivity index (χ0n) is 15.4. The Labute approximate surface area is 163 Å². The van der Waals surface area contributed by atoms with Crippen molar-refractivity contribution in [2.24, 2.45) is 22.1 Å². The smallest absolute Gasteiger partial charge is 0.141 e. The summed E-state index contributed by atoms with van der Waals surface area (Å²) in [6.07, 6.45) is 13.0. The second-order valence-corrected chi connectivity index (χ2v) is 7.69. The average molecular weight is 368 g/mol. The molecule has 3 aromatic rings. The molecule has 6 nitrogen and oxygen atoms in total. The van der Waals surface area contributed by atoms with E-state index in [1.807, 2.05) is 41.2 Å². The van der Waals surface area contributed by atoms with Crippen LogP contribution in [0.25, 0.3) is 22.5 Å². The number of nitrogens with zero attached hydrogens (tertiary/aromatic N) is 5. The topological polar surface area (TPSA) is 92.4 Å². The lowest BCUT2D eigenvalue weighted by Crippen LogP contribution is -2.00. The van der Waals surface area contributed by atoms with Gasteiger partial charge in [-0.25, -0.2) is 9.97 Å². The Morgan fingerprint density at radius 3 is 3.00 bits per heavy atom. The lowest BCUT2D eigenvalue weighted by Gasteiger charge is -2.10. The first-order valence-corrected chi connectivity index (χ1v) is 9.49. The maximum Gasteiger partial charge on any atom is 0.141 e. The van der Waals surface area contributed by atoms with Crippen molar-refractivity contribution in [1.29, 1.82) is 5.26 Å². The Hall–Kier alpha value is -3.46. The molecule has 0 aliphatic heterocycles. The average Bonchev–Trinajstić information content (AvgIpc) is 3.60. The normalized spacial score (nSPS) is 20.0. The summed E-state index contributed by atoms with van der Waals surface area (Å²) in [5, 5.41) is 9.30. The number of allylic oxidation sites excluding steroid dienone is 1. The van der Waals surface area contributed by atoms with Gasteiger partial charge in [0.25, 0.3) is 0 Å². The van der Waals surface area contributed by atoms with Crippen LogP contribution in [0.5, 0.6) is 0 Å². The highest BCUT2D eigenvalue weighted by atomic mass is 15.0. The highest BCUT2D eigenvalue weighted by Gasteiger charge is 2.62. The van der Waals surface area contributed by atoms with Gasteiger partial charge in [-0.2, -0.15) is 5.26 Å². The van der Waals surface area contributed by atoms with Crippen molar-refractivity contribution in [3.05, 3.63) is 60.3 Å². The van der Waals surface area contributed by atoms with Crippen molar-refractivity contribution >= 4 is 17.4 Å². The number of pyridine rings is 2. The Morgan fingerprint density at radius 2 is 2.25 bits per heavy atom. The summed E-state index contributed by atoms with van der Waals surface area (Å²) in [5.74, 6) is 0.740. The Balaban J connectivity index is 1.50. The highest BCUT2D eigenvalue weighted by molar-refractivity contribution is 6.11. The van der Waals surface area contributed by atoms with Crippen LogP contribution in [0, 0.1) is 22.7 Å². The zero-order valence-corrected chi connectivity index (χ0v) is 15.4. The van der Waals surface area contributed by atoms with Gasteiger partial charge in [-0.3, -0.25) is 4.99 Å². The Morgan fingerprint density at radius 1 is 1.36 bits per heavy atom. The summed E-state index contributed by atoms with van der Waals surface area (Å²) in [5.41, 5.74) is 11.0. The van der Waals surface area contributed by atoms with Gasteiger partial charge in [0.05, 0.1) is 5.69 Å². The van der Waals surface area contributed by atoms with Crippen LogP contribution in [0.1, 0.15) is 30.5 Å². The fraction of sp³-hybridized carbons (Fsp3) is 0.273. The van der Waals surface area contributed by atoms with Crippen molar-refractivity contribution in [2.45, 2.75) is 19.3 Å². The molecule has 6 heteroatoms. The van der Waals surface area contributed by atoms with Gasteiger partial charge < -0.3 is 10.1 Å². The first kappa shape index (κ1) is 16.7. The third kappa shape index (κ3) is 2.85. The molecule has 2 N–H and O–H groups in total. The maximum atomic E-state index is 9.30. The van der Waals surface area contributed by atoms with Gasteiger partial charge in [-0.15, -0.1) is 0 Å². The minimum absolute atomic E-state index is 0.365. The Kier molecular flexibility index (Phi) is 3.76. The minimum Gasteiger partial charge on any atom is -0.404 e. The number of nitriles is 1. The molecular formula is C22H20N6. The number of imidazole rings is 1. The lowest BCUT2D eigenvalue weighted by molar-refractivity contribution is 0.719. The van der Waals surface area contributed by atoms with Crippen molar-refractivity contribution in [1.82, 2.24) is 14.4 Å². The molecule has 138 valence electrons. The van der Waals surface area contributed by atoms with E-state index < -0.39 is 0 Å². The summed E-state index contributed by atoms with van der Waals surface area (Å²) in [4.78, 5) is 13.5. The standard InChI is InChI=1S/C22H20N6/c23-11-16(13-25-14-17-10-22(17)4-5-22)19-2-1-18(12-24)27-21(19)15-3-7-28-8-6-26-20(28)9-15/h1-3,6-9,11,13,17H,4-5,10,14,23H2. The first-order valence-electron chi connectivity index (χ1n) is 9.49. The van der Waals surface area contributed by atoms with Gasteiger partial charge in [0.2, 0.25) is 0 Å². The molecule has 0 saturated heterocycles. The number of rotatable bonds is 5. The van der Waals surface area contributed by atoms with E-state index in [4.69, 9.17) is 5.73 Å². The predicted molar refractivity (Wildman–Crippen MR) is 108 cm³/mol. The molecule has 0 amide bonds. The van der Waals surface area contributed by atoms with Crippen LogP contribution in [0.3, 0.4) is 0 Å². The lowest BCUT2D eigenvalue weighted by atomic mass is 10.0. The molecule has 5 rings (SSSR count). The van der Waals surface area contributed by atoms with Gasteiger partial charge in [0.1, 0.15) is 17.4 Å². The van der Waals surface area contributed by atoms with Gasteiger partial charge in [0.15, 0.2) is 0 Å². The second-order valence-electron chi connectivity index (χ2n) is 7.69. The molecule has 1 unspecified atom stereocenters. The van der Waals surface area contributed by atoms with Crippen LogP contribution in [0.15, 0.2) is 54.0 Å². The number of hydrogen-bond acceptors (Lipinski definition) is 5. The van der Waals surface area contributed by atoms with Crippen molar-refractivity contribution < 1.29 is 0 Å². The summed E-state index contributed by atoms with van der Waals surface area (Å²) >= 11 is 0. The number of aliphatic imine (C=N–C) groups is 1. The van der Waals surface area contributed by atoms with Crippen LogP contribution in [-0.4, -0.2) is 27.1 Å². The molecule has 2 fully saturated rings. The summed E-state index contributed by atoms with van der Waals surface area (Å²) in [6, 6.07) is 9.65. The summed E-state index contributed by atoms with van der Waals surface area (Å²) < 4.78 is 1.93. The molecule has 2 saturated carbocycles. The van der Waals surface area contributed by atoms with E-state index in [2.05, 4.69) is 21.0 Å². The largest absolute Gasteiger partial charge is 0.404 e. The van der Waals surface area contributed by atoms with Crippen LogP contribution >= 0.6 is 0 Å². The third-order valence-corrected chi connectivity index (χ3v) is 5.98. The van der Waals surface area contributed by atoms with Gasteiger partial charge in [-0.1, -0.05) is 0 Å². The molecule has 2 aliphatic carbocycles. The molecule has 1 atom stereocenters. The molecule has 3 heterocycles. The fourth-order valence-electron chi connectivity index (χ4n) is 3.98. The number of fused-ring (bicyclic) bond motifs is 1. The monoisotopic (exact) mass is 368 g/mol. The molecule has 0 aromatic carbocycles. The van der Waals surface area contributed by atoms with E-state index in [0.29, 0.717) is 16.8 Å². The van der Waals surface area contributed by atoms with Gasteiger partial charge in [0, 0.05) is 54.2 Å². The zero-order chi connectivity index (χ0) is 19.1. The highest BCUT2D eigenvalue weighted by Crippen LogP contribution is 2.70. The molecule has 1 spiro atoms. The van der Waals surface area contributed by atoms with Crippen LogP contribution < -0.4 is 5.73 Å². The third-order valence-electron chi connectivity index (χ3n) is 5.98. The van der Waals surface area contributed by atoms with E-state index in [9.17, 15) is 5.26 Å². The van der Waals surface area contributed by atoms with Crippen molar-refractivity contribution in [2.75, 3.05) is 6.54 Å². The minimum atomic E-state index is 0.365. The van der Waals surface area contributed by atoms with Crippen LogP contribution in [0.4, 0.5) is 0 Å². The molecular weight excluding hydrogens is 348 g/mol. The van der Waals surface area contributed by atoms with Crippen LogP contribution in [0.2, 0.25) is 0 Å². The Bertz CT molecular complexity index is 1160. The maximum absolute atomic E-state index is 9.30. The number of nitrogens with two attached hydrogens (primary N) is 1. The molecule has 3 aromatic heterocycles. The van der Waals surface area contributed by atoms with Gasteiger partial charge in [-0.05, 0) is 54.9 Å². The van der Waals surface area contributed by atoms with E-state index >= 15 is 0 Å². The molecule has 0 radical (unpaired) electrons. The van der Waals surface area contributed by atoms with Crippen molar-refractivity contribution in [3.8, 4) is 17.3 Å². The second kappa shape index (κ2) is 6.31. The van der Waals surface area contributed by atoms with E-state index in [1.165, 1.54) is 19.3 Å². The summed E-state index contributed by atoms with van der Waals surface area (Å²) in [6.45, 7) is 0.858. The molecule has 28 heavy (non-hydrogen) atoms. The first-order chi connectivity index (χ1) is 13.7. The van der Waals surface area contributed by atoms with E-state index in [0.717, 1.165) is 34.8 Å². The number of hydrogen-bond donors (Lipinski definition) is 1. The quantitative estimate of drug-likeness (QED) is 0.698.